The topological polar surface area (TPSA) is 78.9 Å². The van der Waals surface area contributed by atoms with Gasteiger partial charge < -0.3 is 14.2 Å². The van der Waals surface area contributed by atoms with Crippen molar-refractivity contribution in [2.45, 2.75) is 284 Å². The quantitative estimate of drug-likeness (QED) is 0.0261. The minimum atomic E-state index is -0.804. The number of unbranched alkanes of at least 4 members (excludes halogenated alkanes) is 25. The van der Waals surface area contributed by atoms with Gasteiger partial charge >= 0.3 is 17.9 Å². The monoisotopic (exact) mass is 1010 g/mol. The highest BCUT2D eigenvalue weighted by atomic mass is 16.6. The molecule has 0 N–H and O–H groups in total. The van der Waals surface area contributed by atoms with E-state index in [0.717, 1.165) is 135 Å². The van der Waals surface area contributed by atoms with Crippen molar-refractivity contribution < 1.29 is 28.6 Å². The Kier molecular flexibility index (Phi) is 57.4. The molecule has 1 atom stereocenters. The number of rotatable bonds is 54. The molecule has 0 aliphatic carbocycles. The Morgan fingerprint density at radius 3 is 0.863 bits per heavy atom. The van der Waals surface area contributed by atoms with Crippen molar-refractivity contribution in [1.29, 1.82) is 0 Å². The maximum atomic E-state index is 12.9. The number of esters is 3. The van der Waals surface area contributed by atoms with E-state index in [2.05, 4.69) is 130 Å². The minimum absolute atomic E-state index is 0.0970. The van der Waals surface area contributed by atoms with Gasteiger partial charge in [-0.15, -0.1) is 0 Å². The Morgan fingerprint density at radius 1 is 0.288 bits per heavy atom. The van der Waals surface area contributed by atoms with Crippen molar-refractivity contribution in [2.75, 3.05) is 13.2 Å². The van der Waals surface area contributed by atoms with Crippen molar-refractivity contribution in [3.8, 4) is 0 Å². The molecule has 0 heterocycles. The third-order valence-corrected chi connectivity index (χ3v) is 12.7. The highest BCUT2D eigenvalue weighted by molar-refractivity contribution is 5.71. The molecular formula is C67H112O6. The Morgan fingerprint density at radius 2 is 0.534 bits per heavy atom. The zero-order valence-corrected chi connectivity index (χ0v) is 47.6. The molecule has 416 valence electrons. The van der Waals surface area contributed by atoms with Gasteiger partial charge in [0.15, 0.2) is 6.10 Å². The summed E-state index contributed by atoms with van der Waals surface area (Å²) in [5.74, 6) is -0.944. The van der Waals surface area contributed by atoms with Crippen LogP contribution in [0.1, 0.15) is 278 Å². The van der Waals surface area contributed by atoms with E-state index >= 15 is 0 Å². The van der Waals surface area contributed by atoms with Crippen molar-refractivity contribution in [3.05, 3.63) is 109 Å². The van der Waals surface area contributed by atoms with Gasteiger partial charge in [0.25, 0.3) is 0 Å². The molecule has 0 aliphatic rings. The standard InChI is InChI=1S/C67H112O6/c1-4-7-10-13-16-19-22-25-28-30-32-33-35-37-40-42-45-48-51-54-57-60-66(69)72-63-64(73-67(70)61-58-55-52-49-46-43-38-27-24-21-18-15-12-9-6-3)62-71-65(68)59-56-53-50-47-44-41-39-36-34-31-29-26-23-20-17-14-11-8-5-2/h8-9,11-12,17-18,20-21,25-29,34,36,38,41,44,64H,4-7,10,13-16,19,22-24,30-33,35,37,39-40,42-43,45-63H2,1-3H3/b11-8-,12-9-,20-17-,21-18-,28-25-,29-26-,36-34-,38-27-,44-41-/t64-/m1/s1. The lowest BCUT2D eigenvalue weighted by Crippen LogP contribution is -2.30. The lowest BCUT2D eigenvalue weighted by Gasteiger charge is -2.18. The summed E-state index contributed by atoms with van der Waals surface area (Å²) in [5.41, 5.74) is 0. The first-order valence-corrected chi connectivity index (χ1v) is 30.4. The van der Waals surface area contributed by atoms with Crippen LogP contribution in [-0.4, -0.2) is 37.2 Å². The predicted molar refractivity (Wildman–Crippen MR) is 316 cm³/mol. The van der Waals surface area contributed by atoms with E-state index in [4.69, 9.17) is 14.2 Å². The molecule has 0 saturated heterocycles. The first-order chi connectivity index (χ1) is 36.0. The SMILES string of the molecule is CC/C=C\C/C=C\C/C=C\C/C=C\C/C=C\CCCCCC(=O)OC[C@H](COC(=O)CCCCCCCCCCCCC/C=C\CCCCCCCC)OC(=O)CCCCCCC/C=C\C/C=C\C/C=C\CC. The van der Waals surface area contributed by atoms with E-state index in [1.807, 2.05) is 0 Å². The number of carbonyl (C=O) groups is 3. The van der Waals surface area contributed by atoms with Crippen LogP contribution in [0.2, 0.25) is 0 Å². The van der Waals surface area contributed by atoms with Crippen molar-refractivity contribution >= 4 is 17.9 Å². The van der Waals surface area contributed by atoms with E-state index in [9.17, 15) is 14.4 Å². The molecule has 0 amide bonds. The van der Waals surface area contributed by atoms with Gasteiger partial charge in [0.2, 0.25) is 0 Å². The summed E-state index contributed by atoms with van der Waals surface area (Å²) in [6.07, 6.45) is 82.3. The molecule has 0 fully saturated rings. The zero-order chi connectivity index (χ0) is 52.9. The normalized spacial score (nSPS) is 12.9. The maximum Gasteiger partial charge on any atom is 0.306 e. The van der Waals surface area contributed by atoms with Crippen molar-refractivity contribution in [2.24, 2.45) is 0 Å². The summed E-state index contributed by atoms with van der Waals surface area (Å²) in [6, 6.07) is 0. The van der Waals surface area contributed by atoms with Crippen LogP contribution in [0.15, 0.2) is 109 Å². The van der Waals surface area contributed by atoms with Gasteiger partial charge in [0, 0.05) is 19.3 Å². The third kappa shape index (κ3) is 58.8. The Hall–Kier alpha value is -3.93. The highest BCUT2D eigenvalue weighted by Crippen LogP contribution is 2.15. The molecule has 6 nitrogen and oxygen atoms in total. The summed E-state index contributed by atoms with van der Waals surface area (Å²) in [6.45, 7) is 6.38. The van der Waals surface area contributed by atoms with E-state index in [-0.39, 0.29) is 31.1 Å². The summed E-state index contributed by atoms with van der Waals surface area (Å²) < 4.78 is 16.9. The van der Waals surface area contributed by atoms with Gasteiger partial charge in [0.05, 0.1) is 0 Å². The predicted octanol–water partition coefficient (Wildman–Crippen LogP) is 20.7. The highest BCUT2D eigenvalue weighted by Gasteiger charge is 2.19. The molecule has 0 bridgehead atoms. The largest absolute Gasteiger partial charge is 0.462 e. The van der Waals surface area contributed by atoms with E-state index in [1.54, 1.807) is 0 Å². The lowest BCUT2D eigenvalue weighted by atomic mass is 10.0. The van der Waals surface area contributed by atoms with Crippen LogP contribution < -0.4 is 0 Å². The summed E-state index contributed by atoms with van der Waals surface area (Å²) in [7, 11) is 0. The average molecular weight is 1010 g/mol. The fourth-order valence-corrected chi connectivity index (χ4v) is 8.24. The van der Waals surface area contributed by atoms with Crippen LogP contribution in [0, 0.1) is 0 Å². The second-order valence-electron chi connectivity index (χ2n) is 19.8. The van der Waals surface area contributed by atoms with Crippen molar-refractivity contribution in [1.82, 2.24) is 0 Å². The van der Waals surface area contributed by atoms with Gasteiger partial charge in [-0.05, 0) is 122 Å². The van der Waals surface area contributed by atoms with Crippen LogP contribution in [0.5, 0.6) is 0 Å². The molecule has 0 aromatic carbocycles. The van der Waals surface area contributed by atoms with E-state index in [0.29, 0.717) is 19.3 Å². The molecule has 73 heavy (non-hydrogen) atoms. The molecule has 0 aliphatic heterocycles. The summed E-state index contributed by atoms with van der Waals surface area (Å²) >= 11 is 0. The van der Waals surface area contributed by atoms with Crippen LogP contribution in [0.3, 0.4) is 0 Å². The first kappa shape index (κ1) is 69.1. The third-order valence-electron chi connectivity index (χ3n) is 12.7. The number of allylic oxidation sites excluding steroid dienone is 18. The van der Waals surface area contributed by atoms with Gasteiger partial charge in [-0.25, -0.2) is 0 Å². The number of hydrogen-bond acceptors (Lipinski definition) is 6. The lowest BCUT2D eigenvalue weighted by molar-refractivity contribution is -0.167. The van der Waals surface area contributed by atoms with E-state index < -0.39 is 6.10 Å². The van der Waals surface area contributed by atoms with Gasteiger partial charge in [-0.2, -0.15) is 0 Å². The molecule has 0 unspecified atom stereocenters. The number of carbonyl (C=O) groups excluding carboxylic acids is 3. The number of hydrogen-bond donors (Lipinski definition) is 0. The molecule has 0 rings (SSSR count). The Labute approximate surface area is 450 Å². The maximum absolute atomic E-state index is 12.9. The Balaban J connectivity index is 4.43. The molecule has 0 spiro atoms. The molecular weight excluding hydrogens is 901 g/mol. The second-order valence-corrected chi connectivity index (χ2v) is 19.8. The van der Waals surface area contributed by atoms with E-state index in [1.165, 1.54) is 103 Å². The first-order valence-electron chi connectivity index (χ1n) is 30.4. The smallest absolute Gasteiger partial charge is 0.306 e. The summed E-state index contributed by atoms with van der Waals surface area (Å²) in [5, 5.41) is 0. The summed E-state index contributed by atoms with van der Waals surface area (Å²) in [4.78, 5) is 38.3. The van der Waals surface area contributed by atoms with Gasteiger partial charge in [-0.1, -0.05) is 246 Å². The molecule has 0 aromatic rings. The second kappa shape index (κ2) is 60.6. The molecule has 6 heteroatoms. The minimum Gasteiger partial charge on any atom is -0.462 e. The van der Waals surface area contributed by atoms with Crippen molar-refractivity contribution in [3.63, 3.8) is 0 Å². The van der Waals surface area contributed by atoms with Crippen LogP contribution in [-0.2, 0) is 28.6 Å². The van der Waals surface area contributed by atoms with Gasteiger partial charge in [-0.3, -0.25) is 14.4 Å². The van der Waals surface area contributed by atoms with Gasteiger partial charge in [0.1, 0.15) is 13.2 Å². The molecule has 0 saturated carbocycles. The van der Waals surface area contributed by atoms with Crippen LogP contribution in [0.25, 0.3) is 0 Å². The molecule has 0 radical (unpaired) electrons. The fourth-order valence-electron chi connectivity index (χ4n) is 8.24. The van der Waals surface area contributed by atoms with Crippen LogP contribution in [0.4, 0.5) is 0 Å². The Bertz CT molecular complexity index is 1490. The molecule has 0 aromatic heterocycles. The fraction of sp³-hybridized carbons (Fsp3) is 0.687. The average Bonchev–Trinajstić information content (AvgIpc) is 3.39. The number of ether oxygens (including phenoxy) is 3. The van der Waals surface area contributed by atoms with Crippen LogP contribution >= 0.6 is 0 Å². The zero-order valence-electron chi connectivity index (χ0n) is 47.6.